The summed E-state index contributed by atoms with van der Waals surface area (Å²) < 4.78 is 1.73. The Labute approximate surface area is 112 Å². The largest absolute Gasteiger partial charge is 0.398 e. The summed E-state index contributed by atoms with van der Waals surface area (Å²) in [4.78, 5) is 4.53. The number of nitrogens with two attached hydrogens (primary N) is 1. The second-order valence-corrected chi connectivity index (χ2v) is 5.18. The molecule has 0 fully saturated rings. The van der Waals surface area contributed by atoms with E-state index in [1.807, 2.05) is 25.2 Å². The molecule has 0 saturated carbocycles. The average Bonchev–Trinajstić information content (AvgIpc) is 2.58. The lowest BCUT2D eigenvalue weighted by atomic mass is 10.1. The van der Waals surface area contributed by atoms with Crippen molar-refractivity contribution in [2.75, 3.05) is 5.73 Å². The van der Waals surface area contributed by atoms with E-state index in [4.69, 9.17) is 17.3 Å². The first kappa shape index (κ1) is 12.9. The average molecular weight is 265 g/mol. The van der Waals surface area contributed by atoms with Crippen LogP contribution < -0.4 is 5.73 Å². The topological polar surface area (TPSA) is 56.7 Å². The van der Waals surface area contributed by atoms with Crippen LogP contribution in [0.1, 0.15) is 19.7 Å². The number of aryl methyl sites for hydroxylation is 1. The van der Waals surface area contributed by atoms with Crippen LogP contribution in [-0.2, 0) is 13.5 Å². The second kappa shape index (κ2) is 4.98. The summed E-state index contributed by atoms with van der Waals surface area (Å²) in [7, 11) is 1.86. The van der Waals surface area contributed by atoms with E-state index < -0.39 is 0 Å². The van der Waals surface area contributed by atoms with Crippen LogP contribution in [0.25, 0.3) is 11.4 Å². The molecule has 0 atom stereocenters. The van der Waals surface area contributed by atoms with Crippen molar-refractivity contribution >= 4 is 17.3 Å². The number of aromatic nitrogens is 3. The summed E-state index contributed by atoms with van der Waals surface area (Å²) in [5, 5.41) is 5.00. The number of nitrogens with zero attached hydrogens (tertiary/aromatic N) is 3. The van der Waals surface area contributed by atoms with Gasteiger partial charge in [0.05, 0.1) is 10.6 Å². The molecule has 1 heterocycles. The van der Waals surface area contributed by atoms with Crippen molar-refractivity contribution in [2.24, 2.45) is 13.0 Å². The van der Waals surface area contributed by atoms with E-state index in [1.165, 1.54) is 0 Å². The number of anilines is 1. The van der Waals surface area contributed by atoms with Crippen molar-refractivity contribution in [1.82, 2.24) is 14.8 Å². The van der Waals surface area contributed by atoms with Gasteiger partial charge in [-0.2, -0.15) is 5.10 Å². The number of halogens is 1. The Morgan fingerprint density at radius 1 is 1.39 bits per heavy atom. The van der Waals surface area contributed by atoms with Gasteiger partial charge in [0, 0.05) is 19.2 Å². The Bertz CT molecular complexity index is 540. The molecule has 0 unspecified atom stereocenters. The molecule has 1 aromatic carbocycles. The maximum Gasteiger partial charge on any atom is 0.161 e. The van der Waals surface area contributed by atoms with Crippen molar-refractivity contribution < 1.29 is 0 Å². The summed E-state index contributed by atoms with van der Waals surface area (Å²) in [6, 6.07) is 5.45. The van der Waals surface area contributed by atoms with Crippen LogP contribution in [0.4, 0.5) is 5.69 Å². The third-order valence-electron chi connectivity index (χ3n) is 2.67. The molecule has 0 amide bonds. The molecule has 0 aliphatic heterocycles. The highest BCUT2D eigenvalue weighted by Gasteiger charge is 2.15. The molecule has 2 N–H and O–H groups in total. The SMILES string of the molecule is CC(C)Cc1nc(-c2c(N)cccc2Cl)n(C)n1. The Morgan fingerprint density at radius 2 is 2.11 bits per heavy atom. The van der Waals surface area contributed by atoms with Gasteiger partial charge in [0.1, 0.15) is 0 Å². The van der Waals surface area contributed by atoms with Crippen molar-refractivity contribution in [3.8, 4) is 11.4 Å². The molecule has 0 radical (unpaired) electrons. The molecule has 0 bridgehead atoms. The van der Waals surface area contributed by atoms with Gasteiger partial charge in [-0.05, 0) is 18.1 Å². The number of hydrogen-bond acceptors (Lipinski definition) is 3. The molecule has 5 heteroatoms. The van der Waals surface area contributed by atoms with Crippen molar-refractivity contribution in [3.05, 3.63) is 29.0 Å². The van der Waals surface area contributed by atoms with E-state index >= 15 is 0 Å². The summed E-state index contributed by atoms with van der Waals surface area (Å²) in [5.41, 5.74) is 7.34. The minimum atomic E-state index is 0.517. The van der Waals surface area contributed by atoms with Gasteiger partial charge < -0.3 is 5.73 Å². The normalized spacial score (nSPS) is 11.2. The van der Waals surface area contributed by atoms with Crippen LogP contribution >= 0.6 is 11.6 Å². The van der Waals surface area contributed by atoms with Crippen molar-refractivity contribution in [2.45, 2.75) is 20.3 Å². The zero-order valence-corrected chi connectivity index (χ0v) is 11.6. The quantitative estimate of drug-likeness (QED) is 0.868. The van der Waals surface area contributed by atoms with E-state index in [0.717, 1.165) is 17.8 Å². The fourth-order valence-electron chi connectivity index (χ4n) is 1.88. The third kappa shape index (κ3) is 2.48. The van der Waals surface area contributed by atoms with Gasteiger partial charge in [0.2, 0.25) is 0 Å². The third-order valence-corrected chi connectivity index (χ3v) is 2.98. The van der Waals surface area contributed by atoms with Gasteiger partial charge in [-0.15, -0.1) is 0 Å². The monoisotopic (exact) mass is 264 g/mol. The minimum Gasteiger partial charge on any atom is -0.398 e. The predicted molar refractivity (Wildman–Crippen MR) is 74.4 cm³/mol. The lowest BCUT2D eigenvalue weighted by molar-refractivity contribution is 0.613. The number of nitrogen functional groups attached to an aromatic ring is 1. The van der Waals surface area contributed by atoms with Gasteiger partial charge in [-0.25, -0.2) is 9.67 Å². The molecule has 2 rings (SSSR count). The molecule has 4 nitrogen and oxygen atoms in total. The molecular weight excluding hydrogens is 248 g/mol. The molecule has 0 aliphatic rings. The van der Waals surface area contributed by atoms with Crippen molar-refractivity contribution in [3.63, 3.8) is 0 Å². The fraction of sp³-hybridized carbons (Fsp3) is 0.385. The molecular formula is C13H17ClN4. The maximum absolute atomic E-state index is 6.19. The molecule has 0 saturated heterocycles. The van der Waals surface area contributed by atoms with Crippen LogP contribution in [-0.4, -0.2) is 14.8 Å². The zero-order chi connectivity index (χ0) is 13.3. The Balaban J connectivity index is 2.48. The van der Waals surface area contributed by atoms with E-state index in [-0.39, 0.29) is 0 Å². The van der Waals surface area contributed by atoms with E-state index in [2.05, 4.69) is 23.9 Å². The van der Waals surface area contributed by atoms with Crippen LogP contribution in [0.3, 0.4) is 0 Å². The molecule has 18 heavy (non-hydrogen) atoms. The molecule has 1 aromatic heterocycles. The summed E-state index contributed by atoms with van der Waals surface area (Å²) in [5.74, 6) is 2.06. The van der Waals surface area contributed by atoms with E-state index in [9.17, 15) is 0 Å². The summed E-state index contributed by atoms with van der Waals surface area (Å²) in [6.45, 7) is 4.28. The van der Waals surface area contributed by atoms with E-state index in [0.29, 0.717) is 22.5 Å². The zero-order valence-electron chi connectivity index (χ0n) is 10.8. The van der Waals surface area contributed by atoms with Crippen LogP contribution in [0, 0.1) is 5.92 Å². The highest BCUT2D eigenvalue weighted by atomic mass is 35.5. The lowest BCUT2D eigenvalue weighted by Gasteiger charge is -2.06. The number of benzene rings is 1. The van der Waals surface area contributed by atoms with Gasteiger partial charge in [-0.3, -0.25) is 0 Å². The standard InChI is InChI=1S/C13H17ClN4/c1-8(2)7-11-16-13(18(3)17-11)12-9(14)5-4-6-10(12)15/h4-6,8H,7,15H2,1-3H3. The molecule has 96 valence electrons. The smallest absolute Gasteiger partial charge is 0.161 e. The Morgan fingerprint density at radius 3 is 2.72 bits per heavy atom. The number of rotatable bonds is 3. The lowest BCUT2D eigenvalue weighted by Crippen LogP contribution is -1.99. The first-order valence-corrected chi connectivity index (χ1v) is 6.31. The van der Waals surface area contributed by atoms with Crippen LogP contribution in [0.2, 0.25) is 5.02 Å². The van der Waals surface area contributed by atoms with Gasteiger partial charge >= 0.3 is 0 Å². The van der Waals surface area contributed by atoms with Crippen molar-refractivity contribution in [1.29, 1.82) is 0 Å². The molecule has 2 aromatic rings. The van der Waals surface area contributed by atoms with E-state index in [1.54, 1.807) is 4.68 Å². The first-order valence-electron chi connectivity index (χ1n) is 5.93. The highest BCUT2D eigenvalue weighted by molar-refractivity contribution is 6.33. The first-order chi connectivity index (χ1) is 8.49. The number of hydrogen-bond donors (Lipinski definition) is 1. The minimum absolute atomic E-state index is 0.517. The molecule has 0 aliphatic carbocycles. The summed E-state index contributed by atoms with van der Waals surface area (Å²) >= 11 is 6.19. The highest BCUT2D eigenvalue weighted by Crippen LogP contribution is 2.31. The van der Waals surface area contributed by atoms with Crippen LogP contribution in [0.15, 0.2) is 18.2 Å². The Kier molecular flexibility index (Phi) is 3.57. The van der Waals surface area contributed by atoms with Crippen LogP contribution in [0.5, 0.6) is 0 Å². The predicted octanol–water partition coefficient (Wildman–Crippen LogP) is 2.92. The maximum atomic E-state index is 6.19. The Hall–Kier alpha value is -1.55. The van der Waals surface area contributed by atoms with Gasteiger partial charge in [0.15, 0.2) is 11.6 Å². The fourth-order valence-corrected chi connectivity index (χ4v) is 2.15. The van der Waals surface area contributed by atoms with Gasteiger partial charge in [0.25, 0.3) is 0 Å². The summed E-state index contributed by atoms with van der Waals surface area (Å²) in [6.07, 6.45) is 0.845. The second-order valence-electron chi connectivity index (χ2n) is 4.78. The molecule has 0 spiro atoms. The van der Waals surface area contributed by atoms with Gasteiger partial charge in [-0.1, -0.05) is 31.5 Å².